The van der Waals surface area contributed by atoms with Crippen LogP contribution in [0.3, 0.4) is 0 Å². The smallest absolute Gasteiger partial charge is 0.259 e. The molecule has 2 amide bonds. The van der Waals surface area contributed by atoms with Crippen LogP contribution in [0.25, 0.3) is 0 Å². The zero-order chi connectivity index (χ0) is 22.4. The fourth-order valence-electron chi connectivity index (χ4n) is 4.25. The number of hydrogen-bond acceptors (Lipinski definition) is 4. The van der Waals surface area contributed by atoms with E-state index in [9.17, 15) is 9.59 Å². The van der Waals surface area contributed by atoms with Crippen LogP contribution in [0.5, 0.6) is 23.0 Å². The van der Waals surface area contributed by atoms with Gasteiger partial charge < -0.3 is 20.1 Å². The van der Waals surface area contributed by atoms with Gasteiger partial charge in [-0.3, -0.25) is 9.59 Å². The quantitative estimate of drug-likeness (QED) is 0.411. The molecule has 0 saturated heterocycles. The van der Waals surface area contributed by atoms with Crippen LogP contribution >= 0.6 is 0 Å². The topological polar surface area (TPSA) is 76.7 Å². The summed E-state index contributed by atoms with van der Waals surface area (Å²) >= 11 is 0. The van der Waals surface area contributed by atoms with Gasteiger partial charge in [0.1, 0.15) is 17.2 Å². The van der Waals surface area contributed by atoms with Crippen molar-refractivity contribution in [2.45, 2.75) is 5.92 Å². The predicted octanol–water partition coefficient (Wildman–Crippen LogP) is 5.92. The molecule has 0 aromatic heterocycles. The highest BCUT2D eigenvalue weighted by Crippen LogP contribution is 2.44. The van der Waals surface area contributed by atoms with Gasteiger partial charge in [-0.2, -0.15) is 0 Å². The molecule has 0 bridgehead atoms. The third kappa shape index (κ3) is 3.29. The van der Waals surface area contributed by atoms with Gasteiger partial charge in [0, 0.05) is 16.8 Å². The molecule has 2 N–H and O–H groups in total. The summed E-state index contributed by atoms with van der Waals surface area (Å²) in [5.41, 5.74) is 3.03. The molecule has 4 aromatic rings. The van der Waals surface area contributed by atoms with E-state index in [1.807, 2.05) is 60.7 Å². The number of amides is 2. The Morgan fingerprint density at radius 2 is 1.33 bits per heavy atom. The standard InChI is InChI=1S/C27H18N2O4/c30-26-19-15-16(13-14-23(19)33-24-12-6-3-9-20(24)29-26)28-27(31)25-17-7-1-4-10-21(17)32-22-11-5-2-8-18(22)25/h1-15,25H,(H,28,31)(H,29,30). The van der Waals surface area contributed by atoms with Gasteiger partial charge in [-0.1, -0.05) is 48.5 Å². The summed E-state index contributed by atoms with van der Waals surface area (Å²) in [5, 5.41) is 5.83. The van der Waals surface area contributed by atoms with Gasteiger partial charge >= 0.3 is 0 Å². The molecule has 4 aromatic carbocycles. The van der Waals surface area contributed by atoms with E-state index in [1.54, 1.807) is 30.3 Å². The van der Waals surface area contributed by atoms with Crippen molar-refractivity contribution in [2.24, 2.45) is 0 Å². The van der Waals surface area contributed by atoms with Gasteiger partial charge in [-0.15, -0.1) is 0 Å². The Balaban J connectivity index is 1.34. The Morgan fingerprint density at radius 3 is 2.06 bits per heavy atom. The normalized spacial score (nSPS) is 13.6. The molecule has 0 radical (unpaired) electrons. The van der Waals surface area contributed by atoms with E-state index in [-0.39, 0.29) is 11.8 Å². The minimum Gasteiger partial charge on any atom is -0.457 e. The van der Waals surface area contributed by atoms with E-state index < -0.39 is 5.92 Å². The van der Waals surface area contributed by atoms with Crippen LogP contribution in [0.1, 0.15) is 27.4 Å². The summed E-state index contributed by atoms with van der Waals surface area (Å²) in [6.07, 6.45) is 0. The highest BCUT2D eigenvalue weighted by molar-refractivity contribution is 6.09. The van der Waals surface area contributed by atoms with Gasteiger partial charge in [0.2, 0.25) is 5.91 Å². The number of anilines is 2. The third-order valence-electron chi connectivity index (χ3n) is 5.79. The molecule has 2 aliphatic heterocycles. The number of ether oxygens (including phenoxy) is 2. The fourth-order valence-corrected chi connectivity index (χ4v) is 4.25. The first-order valence-electron chi connectivity index (χ1n) is 10.6. The third-order valence-corrected chi connectivity index (χ3v) is 5.79. The molecule has 0 atom stereocenters. The van der Waals surface area contributed by atoms with E-state index in [1.165, 1.54) is 0 Å². The van der Waals surface area contributed by atoms with Crippen molar-refractivity contribution in [1.82, 2.24) is 0 Å². The van der Waals surface area contributed by atoms with Gasteiger partial charge in [0.25, 0.3) is 5.91 Å². The Morgan fingerprint density at radius 1 is 0.727 bits per heavy atom. The molecule has 6 heteroatoms. The van der Waals surface area contributed by atoms with E-state index in [0.717, 1.165) is 11.1 Å². The minimum atomic E-state index is -0.542. The molecule has 0 spiro atoms. The van der Waals surface area contributed by atoms with Gasteiger partial charge in [-0.25, -0.2) is 0 Å². The van der Waals surface area contributed by atoms with E-state index >= 15 is 0 Å². The predicted molar refractivity (Wildman–Crippen MR) is 124 cm³/mol. The van der Waals surface area contributed by atoms with Crippen molar-refractivity contribution in [2.75, 3.05) is 10.6 Å². The number of hydrogen-bond donors (Lipinski definition) is 2. The lowest BCUT2D eigenvalue weighted by atomic mass is 9.87. The Kier molecular flexibility index (Phi) is 4.36. The number of para-hydroxylation sites is 4. The van der Waals surface area contributed by atoms with Crippen molar-refractivity contribution in [3.63, 3.8) is 0 Å². The van der Waals surface area contributed by atoms with Crippen molar-refractivity contribution in [1.29, 1.82) is 0 Å². The zero-order valence-electron chi connectivity index (χ0n) is 17.4. The summed E-state index contributed by atoms with van der Waals surface area (Å²) in [4.78, 5) is 26.3. The average molecular weight is 434 g/mol. The van der Waals surface area contributed by atoms with Crippen LogP contribution < -0.4 is 20.1 Å². The van der Waals surface area contributed by atoms with Gasteiger partial charge in [0.05, 0.1) is 17.2 Å². The first-order valence-corrected chi connectivity index (χ1v) is 10.6. The molecular formula is C27H18N2O4. The molecule has 0 unspecified atom stereocenters. The lowest BCUT2D eigenvalue weighted by Crippen LogP contribution is -2.25. The second-order valence-electron chi connectivity index (χ2n) is 7.86. The number of rotatable bonds is 2. The largest absolute Gasteiger partial charge is 0.457 e. The molecule has 160 valence electrons. The van der Waals surface area contributed by atoms with Crippen molar-refractivity contribution >= 4 is 23.2 Å². The van der Waals surface area contributed by atoms with Crippen molar-refractivity contribution < 1.29 is 19.1 Å². The molecule has 0 saturated carbocycles. The van der Waals surface area contributed by atoms with E-state index in [0.29, 0.717) is 39.9 Å². The highest BCUT2D eigenvalue weighted by atomic mass is 16.5. The number of benzene rings is 4. The van der Waals surface area contributed by atoms with E-state index in [4.69, 9.17) is 9.47 Å². The number of nitrogens with one attached hydrogen (secondary N) is 2. The second-order valence-corrected chi connectivity index (χ2v) is 7.86. The summed E-state index contributed by atoms with van der Waals surface area (Å²) in [6.45, 7) is 0. The molecule has 2 aliphatic rings. The number of carbonyl (C=O) groups is 2. The Hall–Kier alpha value is -4.58. The van der Waals surface area contributed by atoms with Crippen LogP contribution in [0.4, 0.5) is 11.4 Å². The maximum atomic E-state index is 13.5. The van der Waals surface area contributed by atoms with Gasteiger partial charge in [0.15, 0.2) is 5.75 Å². The summed E-state index contributed by atoms with van der Waals surface area (Å²) in [5.74, 6) is 1.25. The van der Waals surface area contributed by atoms with Gasteiger partial charge in [-0.05, 0) is 42.5 Å². The molecule has 33 heavy (non-hydrogen) atoms. The van der Waals surface area contributed by atoms with Crippen molar-refractivity contribution in [3.8, 4) is 23.0 Å². The van der Waals surface area contributed by atoms with Crippen LogP contribution in [-0.2, 0) is 4.79 Å². The second kappa shape index (κ2) is 7.53. The monoisotopic (exact) mass is 434 g/mol. The molecule has 0 fully saturated rings. The molecule has 0 aliphatic carbocycles. The molecule has 6 rings (SSSR count). The maximum absolute atomic E-state index is 13.5. The first-order chi connectivity index (χ1) is 16.2. The minimum absolute atomic E-state index is 0.212. The van der Waals surface area contributed by atoms with Crippen LogP contribution in [0.15, 0.2) is 91.0 Å². The average Bonchev–Trinajstić information content (AvgIpc) is 2.98. The summed E-state index contributed by atoms with van der Waals surface area (Å²) in [7, 11) is 0. The zero-order valence-corrected chi connectivity index (χ0v) is 17.4. The Labute approximate surface area is 189 Å². The summed E-state index contributed by atoms with van der Waals surface area (Å²) in [6, 6.07) is 27.3. The summed E-state index contributed by atoms with van der Waals surface area (Å²) < 4.78 is 11.9. The molecule has 2 heterocycles. The highest BCUT2D eigenvalue weighted by Gasteiger charge is 2.32. The van der Waals surface area contributed by atoms with Crippen LogP contribution in [-0.4, -0.2) is 11.8 Å². The lowest BCUT2D eigenvalue weighted by molar-refractivity contribution is -0.116. The SMILES string of the molecule is O=C1Nc2ccccc2Oc2ccc(NC(=O)C3c4ccccc4Oc4ccccc43)cc21. The maximum Gasteiger partial charge on any atom is 0.259 e. The first kappa shape index (κ1) is 19.1. The Bertz CT molecular complexity index is 1380. The lowest BCUT2D eigenvalue weighted by Gasteiger charge is -2.27. The van der Waals surface area contributed by atoms with Crippen LogP contribution in [0.2, 0.25) is 0 Å². The van der Waals surface area contributed by atoms with E-state index in [2.05, 4.69) is 10.6 Å². The van der Waals surface area contributed by atoms with Crippen LogP contribution in [0, 0.1) is 0 Å². The molecule has 6 nitrogen and oxygen atoms in total. The fraction of sp³-hybridized carbons (Fsp3) is 0.0370. The number of fused-ring (bicyclic) bond motifs is 4. The molecular weight excluding hydrogens is 416 g/mol. The number of carbonyl (C=O) groups excluding carboxylic acids is 2. The van der Waals surface area contributed by atoms with Crippen molar-refractivity contribution in [3.05, 3.63) is 108 Å².